The molecule has 5 nitrogen and oxygen atoms in total. The van der Waals surface area contributed by atoms with E-state index in [1.54, 1.807) is 6.08 Å². The highest BCUT2D eigenvalue weighted by Crippen LogP contribution is 2.44. The van der Waals surface area contributed by atoms with E-state index in [9.17, 15) is 9.59 Å². The average Bonchev–Trinajstić information content (AvgIpc) is 2.66. The number of amides is 2. The molecule has 2 aliphatic rings. The number of likely N-dealkylation sites (N-methyl/N-ethyl adjacent to an activating group) is 2. The second-order valence-corrected chi connectivity index (χ2v) is 9.23. The van der Waals surface area contributed by atoms with Crippen LogP contribution < -0.4 is 4.90 Å². The lowest BCUT2D eigenvalue weighted by molar-refractivity contribution is -0.133. The molecule has 1 aromatic rings. The lowest BCUT2D eigenvalue weighted by atomic mass is 9.79. The van der Waals surface area contributed by atoms with E-state index in [1.165, 1.54) is 21.1 Å². The third-order valence-electron chi connectivity index (χ3n) is 6.43. The predicted octanol–water partition coefficient (Wildman–Crippen LogP) is 4.49. The molecule has 0 aromatic heterocycles. The minimum absolute atomic E-state index is 0.0990. The van der Waals surface area contributed by atoms with Gasteiger partial charge in [-0.2, -0.15) is 0 Å². The molecule has 0 unspecified atom stereocenters. The van der Waals surface area contributed by atoms with Crippen LogP contribution in [0.25, 0.3) is 6.08 Å². The number of nitrogens with zero attached hydrogens (tertiary/aromatic N) is 3. The molecule has 1 aromatic carbocycles. The summed E-state index contributed by atoms with van der Waals surface area (Å²) in [4.78, 5) is 31.5. The maximum Gasteiger partial charge on any atom is 0.265 e. The first kappa shape index (κ1) is 22.5. The molecule has 6 heteroatoms. The van der Waals surface area contributed by atoms with E-state index in [2.05, 4.69) is 44.7 Å². The molecule has 2 amide bonds. The fraction of sp³-hybridized carbons (Fsp3) is 0.542. The Balaban J connectivity index is 2.12. The van der Waals surface area contributed by atoms with E-state index in [1.807, 2.05) is 20.8 Å². The molecule has 1 atom stereocenters. The molecular weight excluding hydrogens is 394 g/mol. The number of carbonyl (C=O) groups excluding carboxylic acids is 2. The summed E-state index contributed by atoms with van der Waals surface area (Å²) in [6.07, 6.45) is 2.82. The Morgan fingerprint density at radius 3 is 2.13 bits per heavy atom. The van der Waals surface area contributed by atoms with Crippen molar-refractivity contribution in [3.63, 3.8) is 0 Å². The fourth-order valence-electron chi connectivity index (χ4n) is 4.94. The summed E-state index contributed by atoms with van der Waals surface area (Å²) in [6.45, 7) is 16.7. The standard InChI is InChI=1S/C24H33N3O2S/c1-8-25-21(28)19(22(29)26(9-2)23(25)30)13-17-12-18-16(5)14-24(6,7)27(10-3)20(18)11-15(17)4/h11-13,16H,8-10,14H2,1-7H3/t16-/m1/s1. The zero-order chi connectivity index (χ0) is 22.4. The summed E-state index contributed by atoms with van der Waals surface area (Å²) in [7, 11) is 0. The molecule has 1 saturated heterocycles. The van der Waals surface area contributed by atoms with E-state index in [0.29, 0.717) is 24.1 Å². The number of aryl methyl sites for hydroxylation is 1. The van der Waals surface area contributed by atoms with Gasteiger partial charge in [0.1, 0.15) is 5.57 Å². The second kappa shape index (κ2) is 8.14. The Kier molecular flexibility index (Phi) is 6.10. The molecule has 0 spiro atoms. The largest absolute Gasteiger partial charge is 0.366 e. The molecule has 0 aliphatic carbocycles. The first-order valence-corrected chi connectivity index (χ1v) is 11.3. The molecule has 0 saturated carbocycles. The summed E-state index contributed by atoms with van der Waals surface area (Å²) in [6, 6.07) is 4.38. The van der Waals surface area contributed by atoms with E-state index < -0.39 is 0 Å². The number of hydrogen-bond donors (Lipinski definition) is 0. The predicted molar refractivity (Wildman–Crippen MR) is 127 cm³/mol. The molecule has 162 valence electrons. The molecule has 1 fully saturated rings. The van der Waals surface area contributed by atoms with Crippen molar-refractivity contribution in [3.05, 3.63) is 34.4 Å². The number of anilines is 1. The van der Waals surface area contributed by atoms with Crippen LogP contribution in [0.1, 0.15) is 70.6 Å². The third kappa shape index (κ3) is 3.55. The molecule has 0 bridgehead atoms. The number of carbonyl (C=O) groups is 2. The SMILES string of the molecule is CCN1C(=O)C(=Cc2cc3c(cc2C)N(CC)C(C)(C)C[C@H]3C)C(=O)N(CC)C1=S. The monoisotopic (exact) mass is 427 g/mol. The molecule has 3 rings (SSSR count). The Morgan fingerprint density at radius 2 is 1.63 bits per heavy atom. The van der Waals surface area contributed by atoms with Crippen molar-refractivity contribution in [2.45, 2.75) is 66.3 Å². The number of benzene rings is 1. The van der Waals surface area contributed by atoms with Crippen molar-refractivity contribution in [2.75, 3.05) is 24.5 Å². The number of fused-ring (bicyclic) bond motifs is 1. The summed E-state index contributed by atoms with van der Waals surface area (Å²) >= 11 is 5.36. The maximum absolute atomic E-state index is 13.0. The summed E-state index contributed by atoms with van der Waals surface area (Å²) in [5.41, 5.74) is 4.80. The topological polar surface area (TPSA) is 43.9 Å². The van der Waals surface area contributed by atoms with Crippen LogP contribution in [0.2, 0.25) is 0 Å². The van der Waals surface area contributed by atoms with Gasteiger partial charge in [-0.3, -0.25) is 19.4 Å². The van der Waals surface area contributed by atoms with Gasteiger partial charge in [0.05, 0.1) is 0 Å². The summed E-state index contributed by atoms with van der Waals surface area (Å²) in [5.74, 6) is -0.211. The quantitative estimate of drug-likeness (QED) is 0.404. The molecule has 30 heavy (non-hydrogen) atoms. The van der Waals surface area contributed by atoms with Gasteiger partial charge in [0.15, 0.2) is 5.11 Å². The van der Waals surface area contributed by atoms with E-state index in [0.717, 1.165) is 24.1 Å². The number of rotatable bonds is 4. The van der Waals surface area contributed by atoms with Crippen LogP contribution in [0.5, 0.6) is 0 Å². The van der Waals surface area contributed by atoms with Crippen LogP contribution >= 0.6 is 12.2 Å². The van der Waals surface area contributed by atoms with Crippen molar-refractivity contribution in [2.24, 2.45) is 0 Å². The van der Waals surface area contributed by atoms with Gasteiger partial charge in [0.2, 0.25) is 0 Å². The normalized spacial score (nSPS) is 21.3. The van der Waals surface area contributed by atoms with Gasteiger partial charge in [-0.25, -0.2) is 0 Å². The van der Waals surface area contributed by atoms with Gasteiger partial charge in [-0.15, -0.1) is 0 Å². The Morgan fingerprint density at radius 1 is 1.07 bits per heavy atom. The lowest BCUT2D eigenvalue weighted by Gasteiger charge is -2.47. The zero-order valence-electron chi connectivity index (χ0n) is 19.2. The van der Waals surface area contributed by atoms with Crippen LogP contribution in [0.15, 0.2) is 17.7 Å². The highest BCUT2D eigenvalue weighted by Gasteiger charge is 2.39. The minimum atomic E-state index is -0.307. The fourth-order valence-corrected chi connectivity index (χ4v) is 5.37. The second-order valence-electron chi connectivity index (χ2n) is 8.87. The zero-order valence-corrected chi connectivity index (χ0v) is 20.0. The van der Waals surface area contributed by atoms with Crippen LogP contribution in [-0.4, -0.2) is 51.9 Å². The first-order valence-electron chi connectivity index (χ1n) is 10.9. The van der Waals surface area contributed by atoms with Crippen LogP contribution in [-0.2, 0) is 9.59 Å². The van der Waals surface area contributed by atoms with E-state index in [4.69, 9.17) is 12.2 Å². The third-order valence-corrected chi connectivity index (χ3v) is 6.88. The number of thiocarbonyl (C=S) groups is 1. The van der Waals surface area contributed by atoms with Gasteiger partial charge in [0, 0.05) is 30.9 Å². The highest BCUT2D eigenvalue weighted by atomic mass is 32.1. The lowest BCUT2D eigenvalue weighted by Crippen LogP contribution is -2.55. The van der Waals surface area contributed by atoms with Crippen molar-refractivity contribution >= 4 is 40.9 Å². The van der Waals surface area contributed by atoms with Crippen LogP contribution in [0.4, 0.5) is 5.69 Å². The van der Waals surface area contributed by atoms with Crippen LogP contribution in [0, 0.1) is 6.92 Å². The van der Waals surface area contributed by atoms with Gasteiger partial charge >= 0.3 is 0 Å². The Labute approximate surface area is 185 Å². The van der Waals surface area contributed by atoms with Crippen molar-refractivity contribution in [1.29, 1.82) is 0 Å². The summed E-state index contributed by atoms with van der Waals surface area (Å²) in [5, 5.41) is 0.295. The molecule has 2 heterocycles. The van der Waals surface area contributed by atoms with Gasteiger partial charge in [-0.05, 0) is 101 Å². The molecule has 0 radical (unpaired) electrons. The summed E-state index contributed by atoms with van der Waals surface area (Å²) < 4.78 is 0. The Bertz CT molecular complexity index is 907. The Hall–Kier alpha value is -2.21. The maximum atomic E-state index is 13.0. The van der Waals surface area contributed by atoms with Crippen molar-refractivity contribution < 1.29 is 9.59 Å². The van der Waals surface area contributed by atoms with Gasteiger partial charge in [0.25, 0.3) is 11.8 Å². The highest BCUT2D eigenvalue weighted by molar-refractivity contribution is 7.80. The van der Waals surface area contributed by atoms with Crippen molar-refractivity contribution in [1.82, 2.24) is 9.80 Å². The number of hydrogen-bond acceptors (Lipinski definition) is 4. The molecular formula is C24H33N3O2S. The van der Waals surface area contributed by atoms with E-state index in [-0.39, 0.29) is 22.9 Å². The van der Waals surface area contributed by atoms with Gasteiger partial charge < -0.3 is 4.90 Å². The minimum Gasteiger partial charge on any atom is -0.366 e. The first-order chi connectivity index (χ1) is 14.1. The molecule has 2 aliphatic heterocycles. The van der Waals surface area contributed by atoms with Gasteiger partial charge in [-0.1, -0.05) is 6.92 Å². The van der Waals surface area contributed by atoms with Crippen LogP contribution in [0.3, 0.4) is 0 Å². The smallest absolute Gasteiger partial charge is 0.265 e. The average molecular weight is 428 g/mol. The molecule has 0 N–H and O–H groups in total. The van der Waals surface area contributed by atoms with E-state index >= 15 is 0 Å². The van der Waals surface area contributed by atoms with Crippen molar-refractivity contribution in [3.8, 4) is 0 Å².